The van der Waals surface area contributed by atoms with Crippen molar-refractivity contribution in [3.8, 4) is 5.75 Å². The highest BCUT2D eigenvalue weighted by Crippen LogP contribution is 2.25. The minimum Gasteiger partial charge on any atom is -0.497 e. The Labute approximate surface area is 195 Å². The first-order valence-corrected chi connectivity index (χ1v) is 11.3. The molecule has 3 heterocycles. The number of amides is 4. The molecule has 8 nitrogen and oxygen atoms in total. The van der Waals surface area contributed by atoms with Crippen molar-refractivity contribution in [3.63, 3.8) is 0 Å². The first-order chi connectivity index (χ1) is 15.8. The smallest absolute Gasteiger partial charge is 0.339 e. The van der Waals surface area contributed by atoms with Gasteiger partial charge in [0, 0.05) is 28.4 Å². The maximum atomic E-state index is 13.0. The van der Waals surface area contributed by atoms with E-state index in [1.54, 1.807) is 29.5 Å². The van der Waals surface area contributed by atoms with Crippen molar-refractivity contribution in [2.45, 2.75) is 26.8 Å². The summed E-state index contributed by atoms with van der Waals surface area (Å²) in [5, 5.41) is 2.03. The number of carbonyl (C=O) groups is 4. The molecule has 9 heteroatoms. The van der Waals surface area contributed by atoms with Gasteiger partial charge in [0.25, 0.3) is 0 Å². The lowest BCUT2D eigenvalue weighted by atomic mass is 10.1. The molecule has 0 N–H and O–H groups in total. The molecule has 1 aliphatic rings. The van der Waals surface area contributed by atoms with Crippen LogP contribution in [0.25, 0.3) is 0 Å². The number of rotatable bonds is 8. The third-order valence-electron chi connectivity index (χ3n) is 5.72. The molecule has 0 saturated carbocycles. The average molecular weight is 466 g/mol. The van der Waals surface area contributed by atoms with Gasteiger partial charge in [0.2, 0.25) is 0 Å². The van der Waals surface area contributed by atoms with Gasteiger partial charge in [-0.05, 0) is 62.0 Å². The summed E-state index contributed by atoms with van der Waals surface area (Å²) >= 11 is 1.68. The molecule has 0 unspecified atom stereocenters. The second-order valence-electron chi connectivity index (χ2n) is 7.70. The minimum atomic E-state index is -1.02. The van der Waals surface area contributed by atoms with Crippen molar-refractivity contribution in [1.82, 2.24) is 9.47 Å². The zero-order chi connectivity index (χ0) is 23.7. The molecule has 0 spiro atoms. The molecule has 33 heavy (non-hydrogen) atoms. The van der Waals surface area contributed by atoms with Crippen LogP contribution in [-0.2, 0) is 22.6 Å². The highest BCUT2D eigenvalue weighted by molar-refractivity contribution is 7.09. The Bertz CT molecular complexity index is 1230. The van der Waals surface area contributed by atoms with Crippen molar-refractivity contribution >= 4 is 40.7 Å². The Morgan fingerprint density at radius 3 is 2.39 bits per heavy atom. The fourth-order valence-electron chi connectivity index (χ4n) is 3.94. The number of nitrogens with zero attached hydrogens (tertiary/aromatic N) is 3. The second kappa shape index (κ2) is 9.03. The molecule has 170 valence electrons. The predicted octanol–water partition coefficient (Wildman–Crippen LogP) is 3.60. The van der Waals surface area contributed by atoms with E-state index < -0.39 is 30.2 Å². The van der Waals surface area contributed by atoms with Gasteiger partial charge in [0.05, 0.1) is 19.3 Å². The van der Waals surface area contributed by atoms with Crippen LogP contribution in [0.3, 0.4) is 0 Å². The maximum Gasteiger partial charge on any atom is 0.339 e. The zero-order valence-electron chi connectivity index (χ0n) is 18.5. The van der Waals surface area contributed by atoms with Gasteiger partial charge < -0.3 is 9.30 Å². The Balaban J connectivity index is 1.51. The molecule has 0 aliphatic carbocycles. The van der Waals surface area contributed by atoms with Crippen LogP contribution in [0.15, 0.2) is 47.8 Å². The SMILES string of the molecule is COc1ccc(N2C(=O)C(=O)N(CC(=O)c3cc(C)n(CCc4cccs4)c3C)C2=O)cc1. The first kappa shape index (κ1) is 22.5. The number of aryl methyl sites for hydroxylation is 2. The average Bonchev–Trinajstić information content (AvgIpc) is 3.48. The second-order valence-corrected chi connectivity index (χ2v) is 8.73. The fraction of sp³-hybridized carbons (Fsp3) is 0.250. The number of anilines is 1. The topological polar surface area (TPSA) is 88.9 Å². The lowest BCUT2D eigenvalue weighted by Crippen LogP contribution is -2.37. The first-order valence-electron chi connectivity index (χ1n) is 10.4. The monoisotopic (exact) mass is 465 g/mol. The van der Waals surface area contributed by atoms with Crippen molar-refractivity contribution in [2.24, 2.45) is 0 Å². The van der Waals surface area contributed by atoms with E-state index in [-0.39, 0.29) is 5.69 Å². The molecule has 4 amide bonds. The van der Waals surface area contributed by atoms with Gasteiger partial charge in [-0.15, -0.1) is 11.3 Å². The Morgan fingerprint density at radius 2 is 1.76 bits per heavy atom. The molecule has 0 bridgehead atoms. The molecule has 0 atom stereocenters. The molecule has 4 rings (SSSR count). The summed E-state index contributed by atoms with van der Waals surface area (Å²) in [6.45, 7) is 3.98. The Hall–Kier alpha value is -3.72. The highest BCUT2D eigenvalue weighted by atomic mass is 32.1. The van der Waals surface area contributed by atoms with Crippen LogP contribution in [0.1, 0.15) is 26.6 Å². The standard InChI is InChI=1S/C24H23N3O5S/c1-15-13-20(16(2)25(15)11-10-19-5-4-12-33-19)21(28)14-26-22(29)23(30)27(24(26)31)17-6-8-18(32-3)9-7-17/h4-9,12-13H,10-11,14H2,1-3H3. The molecule has 1 aromatic carbocycles. The van der Waals surface area contributed by atoms with Crippen LogP contribution >= 0.6 is 11.3 Å². The number of aromatic nitrogens is 1. The summed E-state index contributed by atoms with van der Waals surface area (Å²) in [6, 6.07) is 11.2. The van der Waals surface area contributed by atoms with Crippen LogP contribution in [-0.4, -0.2) is 46.8 Å². The summed E-state index contributed by atoms with van der Waals surface area (Å²) in [7, 11) is 1.50. The minimum absolute atomic E-state index is 0.237. The van der Waals surface area contributed by atoms with Crippen molar-refractivity contribution in [3.05, 3.63) is 69.7 Å². The molecule has 2 aromatic heterocycles. The van der Waals surface area contributed by atoms with Crippen LogP contribution < -0.4 is 9.64 Å². The number of urea groups is 1. The van der Waals surface area contributed by atoms with Gasteiger partial charge in [0.1, 0.15) is 5.75 Å². The van der Waals surface area contributed by atoms with Crippen LogP contribution in [0.4, 0.5) is 10.5 Å². The van der Waals surface area contributed by atoms with Gasteiger partial charge in [0.15, 0.2) is 5.78 Å². The molecule has 3 aromatic rings. The van der Waals surface area contributed by atoms with Crippen molar-refractivity contribution in [1.29, 1.82) is 0 Å². The zero-order valence-corrected chi connectivity index (χ0v) is 19.3. The lowest BCUT2D eigenvalue weighted by Gasteiger charge is -2.15. The van der Waals surface area contributed by atoms with Crippen LogP contribution in [0.2, 0.25) is 0 Å². The predicted molar refractivity (Wildman–Crippen MR) is 124 cm³/mol. The molecule has 0 radical (unpaired) electrons. The Kier molecular flexibility index (Phi) is 6.15. The quantitative estimate of drug-likeness (QED) is 0.288. The summed E-state index contributed by atoms with van der Waals surface area (Å²) in [5.74, 6) is -1.85. The number of ether oxygens (including phenoxy) is 1. The van der Waals surface area contributed by atoms with Crippen LogP contribution in [0.5, 0.6) is 5.75 Å². The molecule has 1 saturated heterocycles. The number of hydrogen-bond donors (Lipinski definition) is 0. The number of hydrogen-bond acceptors (Lipinski definition) is 6. The fourth-order valence-corrected chi connectivity index (χ4v) is 4.64. The highest BCUT2D eigenvalue weighted by Gasteiger charge is 2.46. The number of benzene rings is 1. The summed E-state index contributed by atoms with van der Waals surface area (Å²) in [4.78, 5) is 53.6. The van der Waals surface area contributed by atoms with E-state index in [1.165, 1.54) is 24.1 Å². The van der Waals surface area contributed by atoms with Gasteiger partial charge >= 0.3 is 17.8 Å². The van der Waals surface area contributed by atoms with E-state index in [0.29, 0.717) is 16.2 Å². The third-order valence-corrected chi connectivity index (χ3v) is 6.66. The summed E-state index contributed by atoms with van der Waals surface area (Å²) in [6.07, 6.45) is 0.843. The van der Waals surface area contributed by atoms with E-state index in [4.69, 9.17) is 4.74 Å². The number of thiophene rings is 1. The molecule has 1 aliphatic heterocycles. The maximum absolute atomic E-state index is 13.0. The number of Topliss-reactive ketones (excluding diaryl/α,β-unsaturated/α-hetero) is 1. The lowest BCUT2D eigenvalue weighted by molar-refractivity contribution is -0.139. The Morgan fingerprint density at radius 1 is 1.03 bits per heavy atom. The van der Waals surface area contributed by atoms with E-state index in [2.05, 4.69) is 10.6 Å². The van der Waals surface area contributed by atoms with Gasteiger partial charge in [-0.2, -0.15) is 0 Å². The summed E-state index contributed by atoms with van der Waals surface area (Å²) < 4.78 is 7.13. The number of carbonyl (C=O) groups excluding carboxylic acids is 4. The third kappa shape index (κ3) is 4.19. The molecular weight excluding hydrogens is 442 g/mol. The van der Waals surface area contributed by atoms with Crippen LogP contribution in [0, 0.1) is 13.8 Å². The largest absolute Gasteiger partial charge is 0.497 e. The van der Waals surface area contributed by atoms with Gasteiger partial charge in [-0.1, -0.05) is 6.07 Å². The van der Waals surface area contributed by atoms with Crippen molar-refractivity contribution < 1.29 is 23.9 Å². The number of methoxy groups -OCH3 is 1. The van der Waals surface area contributed by atoms with Gasteiger partial charge in [-0.3, -0.25) is 14.4 Å². The molecular formula is C24H23N3O5S. The normalized spacial score (nSPS) is 13.8. The van der Waals surface area contributed by atoms with Crippen molar-refractivity contribution in [2.75, 3.05) is 18.6 Å². The van der Waals surface area contributed by atoms with E-state index in [1.807, 2.05) is 25.3 Å². The van der Waals surface area contributed by atoms with Gasteiger partial charge in [-0.25, -0.2) is 14.6 Å². The summed E-state index contributed by atoms with van der Waals surface area (Å²) in [5.41, 5.74) is 2.37. The number of imide groups is 2. The van der Waals surface area contributed by atoms with E-state index >= 15 is 0 Å². The van der Waals surface area contributed by atoms with E-state index in [0.717, 1.165) is 29.3 Å². The van der Waals surface area contributed by atoms with E-state index in [9.17, 15) is 19.2 Å². The molecule has 1 fully saturated rings. The number of ketones is 1.